The quantitative estimate of drug-likeness (QED) is 0.895. The molecule has 2 rings (SSSR count). The first-order valence-electron chi connectivity index (χ1n) is 5.48. The van der Waals surface area contributed by atoms with E-state index < -0.39 is 0 Å². The van der Waals surface area contributed by atoms with Crippen molar-refractivity contribution in [2.75, 3.05) is 0 Å². The van der Waals surface area contributed by atoms with Crippen LogP contribution in [-0.4, -0.2) is 25.5 Å². The molecule has 0 aliphatic carbocycles. The smallest absolute Gasteiger partial charge is 0.242 e. The van der Waals surface area contributed by atoms with Gasteiger partial charge in [-0.15, -0.1) is 0 Å². The first-order valence-corrected chi connectivity index (χ1v) is 5.86. The van der Waals surface area contributed by atoms with Crippen molar-refractivity contribution in [2.45, 2.75) is 20.0 Å². The van der Waals surface area contributed by atoms with Crippen molar-refractivity contribution in [3.05, 3.63) is 34.9 Å². The van der Waals surface area contributed by atoms with Crippen molar-refractivity contribution < 1.29 is 4.79 Å². The van der Waals surface area contributed by atoms with Crippen LogP contribution in [0, 0.1) is 6.92 Å². The molecule has 0 bridgehead atoms. The number of carbonyl (C=O) groups excluding carboxylic acids is 1. The molecule has 1 amide bonds. The molecule has 96 valence electrons. The van der Waals surface area contributed by atoms with Crippen LogP contribution in [0.3, 0.4) is 0 Å². The van der Waals surface area contributed by atoms with Gasteiger partial charge in [0.05, 0.1) is 16.9 Å². The van der Waals surface area contributed by atoms with Gasteiger partial charge in [-0.25, -0.2) is 0 Å². The minimum atomic E-state index is -0.113. The Bertz CT molecular complexity index is 540. The van der Waals surface area contributed by atoms with Gasteiger partial charge >= 0.3 is 0 Å². The minimum absolute atomic E-state index is 0.113. The molecule has 0 aromatic carbocycles. The lowest BCUT2D eigenvalue weighted by Crippen LogP contribution is -2.27. The van der Waals surface area contributed by atoms with Gasteiger partial charge in [0.2, 0.25) is 5.91 Å². The Balaban J connectivity index is 1.85. The molecule has 0 fully saturated rings. The number of rotatable bonds is 4. The maximum Gasteiger partial charge on any atom is 0.242 e. The molecule has 7 heteroatoms. The number of hydrogen-bond donors (Lipinski definition) is 1. The minimum Gasteiger partial charge on any atom is -0.350 e. The molecule has 0 aliphatic rings. The fraction of sp³-hybridized carbons (Fsp3) is 0.364. The van der Waals surface area contributed by atoms with E-state index >= 15 is 0 Å². The summed E-state index contributed by atoms with van der Waals surface area (Å²) in [5.41, 5.74) is 1.68. The van der Waals surface area contributed by atoms with Crippen LogP contribution in [0.5, 0.6) is 0 Å². The summed E-state index contributed by atoms with van der Waals surface area (Å²) < 4.78 is 3.22. The highest BCUT2D eigenvalue weighted by Gasteiger charge is 2.07. The number of aromatic nitrogens is 4. The SMILES string of the molecule is Cc1nn(CC(=O)NCc2cnn(C)c2)cc1Cl. The molecule has 2 aromatic heterocycles. The molecule has 1 N–H and O–H groups in total. The Kier molecular flexibility index (Phi) is 3.66. The van der Waals surface area contributed by atoms with E-state index in [2.05, 4.69) is 15.5 Å². The van der Waals surface area contributed by atoms with Crippen LogP contribution in [0.15, 0.2) is 18.6 Å². The van der Waals surface area contributed by atoms with Gasteiger partial charge in [-0.2, -0.15) is 10.2 Å². The van der Waals surface area contributed by atoms with Crippen molar-refractivity contribution in [3.8, 4) is 0 Å². The second kappa shape index (κ2) is 5.22. The summed E-state index contributed by atoms with van der Waals surface area (Å²) in [5.74, 6) is -0.113. The van der Waals surface area contributed by atoms with Gasteiger partial charge in [-0.1, -0.05) is 11.6 Å². The summed E-state index contributed by atoms with van der Waals surface area (Å²) in [6.45, 7) is 2.42. The Morgan fingerprint density at radius 1 is 1.50 bits per heavy atom. The van der Waals surface area contributed by atoms with Gasteiger partial charge < -0.3 is 5.32 Å². The largest absolute Gasteiger partial charge is 0.350 e. The molecule has 0 radical (unpaired) electrons. The van der Waals surface area contributed by atoms with Crippen molar-refractivity contribution in [1.82, 2.24) is 24.9 Å². The molecule has 0 aliphatic heterocycles. The number of nitrogens with zero attached hydrogens (tertiary/aromatic N) is 4. The van der Waals surface area contributed by atoms with Crippen LogP contribution in [0.25, 0.3) is 0 Å². The van der Waals surface area contributed by atoms with E-state index in [-0.39, 0.29) is 12.5 Å². The van der Waals surface area contributed by atoms with Gasteiger partial charge in [0.1, 0.15) is 6.54 Å². The van der Waals surface area contributed by atoms with Crippen molar-refractivity contribution in [3.63, 3.8) is 0 Å². The monoisotopic (exact) mass is 267 g/mol. The second-order valence-electron chi connectivity index (χ2n) is 4.06. The molecular weight excluding hydrogens is 254 g/mol. The average molecular weight is 268 g/mol. The van der Waals surface area contributed by atoms with Crippen molar-refractivity contribution >= 4 is 17.5 Å². The third-order valence-corrected chi connectivity index (χ3v) is 2.81. The van der Waals surface area contributed by atoms with Crippen LogP contribution in [-0.2, 0) is 24.9 Å². The van der Waals surface area contributed by atoms with Crippen LogP contribution < -0.4 is 5.32 Å². The molecule has 18 heavy (non-hydrogen) atoms. The molecule has 0 saturated heterocycles. The van der Waals surface area contributed by atoms with E-state index in [1.165, 1.54) is 4.68 Å². The van der Waals surface area contributed by atoms with Gasteiger partial charge in [0.25, 0.3) is 0 Å². The highest BCUT2D eigenvalue weighted by Crippen LogP contribution is 2.11. The Labute approximate surface area is 110 Å². The standard InChI is InChI=1S/C11H14ClN5O/c1-8-10(12)6-17(15-8)7-11(18)13-3-9-4-14-16(2)5-9/h4-6H,3,7H2,1-2H3,(H,13,18). The maximum atomic E-state index is 11.7. The summed E-state index contributed by atoms with van der Waals surface area (Å²) in [6.07, 6.45) is 5.21. The van der Waals surface area contributed by atoms with E-state index in [9.17, 15) is 4.79 Å². The number of amides is 1. The van der Waals surface area contributed by atoms with Gasteiger partial charge in [-0.3, -0.25) is 14.2 Å². The van der Waals surface area contributed by atoms with Gasteiger partial charge in [0.15, 0.2) is 0 Å². The fourth-order valence-electron chi connectivity index (χ4n) is 1.54. The average Bonchev–Trinajstić information content (AvgIpc) is 2.84. The fourth-order valence-corrected chi connectivity index (χ4v) is 1.69. The zero-order valence-electron chi connectivity index (χ0n) is 10.2. The van der Waals surface area contributed by atoms with Gasteiger partial charge in [-0.05, 0) is 6.92 Å². The number of hydrogen-bond acceptors (Lipinski definition) is 3. The van der Waals surface area contributed by atoms with E-state index in [0.717, 1.165) is 11.3 Å². The first kappa shape index (κ1) is 12.6. The third kappa shape index (κ3) is 3.10. The highest BCUT2D eigenvalue weighted by atomic mass is 35.5. The molecule has 2 heterocycles. The Hall–Kier alpha value is -1.82. The van der Waals surface area contributed by atoms with E-state index in [4.69, 9.17) is 11.6 Å². The number of nitrogens with one attached hydrogen (secondary N) is 1. The van der Waals surface area contributed by atoms with Crippen LogP contribution in [0.4, 0.5) is 0 Å². The zero-order chi connectivity index (χ0) is 13.1. The summed E-state index contributed by atoms with van der Waals surface area (Å²) in [5, 5.41) is 11.5. The summed E-state index contributed by atoms with van der Waals surface area (Å²) in [4.78, 5) is 11.7. The predicted octanol–water partition coefficient (Wildman–Crippen LogP) is 0.895. The molecule has 0 saturated carbocycles. The molecular formula is C11H14ClN5O. The summed E-state index contributed by atoms with van der Waals surface area (Å²) in [7, 11) is 1.83. The van der Waals surface area contributed by atoms with E-state index in [0.29, 0.717) is 11.6 Å². The zero-order valence-corrected chi connectivity index (χ0v) is 11.0. The lowest BCUT2D eigenvalue weighted by atomic mass is 10.3. The van der Waals surface area contributed by atoms with Crippen LogP contribution >= 0.6 is 11.6 Å². The molecule has 6 nitrogen and oxygen atoms in total. The van der Waals surface area contributed by atoms with Gasteiger partial charge in [0, 0.05) is 31.5 Å². The summed E-state index contributed by atoms with van der Waals surface area (Å²) >= 11 is 5.86. The predicted molar refractivity (Wildman–Crippen MR) is 67.0 cm³/mol. The molecule has 0 atom stereocenters. The highest BCUT2D eigenvalue weighted by molar-refractivity contribution is 6.31. The number of halogens is 1. The number of aryl methyl sites for hydroxylation is 2. The van der Waals surface area contributed by atoms with E-state index in [1.807, 2.05) is 13.2 Å². The number of carbonyl (C=O) groups is 1. The topological polar surface area (TPSA) is 64.7 Å². The van der Waals surface area contributed by atoms with Crippen molar-refractivity contribution in [2.24, 2.45) is 7.05 Å². The second-order valence-corrected chi connectivity index (χ2v) is 4.47. The first-order chi connectivity index (χ1) is 8.54. The Morgan fingerprint density at radius 3 is 2.83 bits per heavy atom. The molecule has 0 spiro atoms. The molecule has 0 unspecified atom stereocenters. The normalized spacial score (nSPS) is 10.6. The third-order valence-electron chi connectivity index (χ3n) is 2.44. The van der Waals surface area contributed by atoms with Crippen LogP contribution in [0.2, 0.25) is 5.02 Å². The lowest BCUT2D eigenvalue weighted by Gasteiger charge is -2.03. The molecule has 2 aromatic rings. The van der Waals surface area contributed by atoms with E-state index in [1.54, 1.807) is 24.0 Å². The Morgan fingerprint density at radius 2 is 2.28 bits per heavy atom. The summed E-state index contributed by atoms with van der Waals surface area (Å²) in [6, 6.07) is 0. The van der Waals surface area contributed by atoms with Crippen molar-refractivity contribution in [1.29, 1.82) is 0 Å². The van der Waals surface area contributed by atoms with Crippen LogP contribution in [0.1, 0.15) is 11.3 Å². The maximum absolute atomic E-state index is 11.7. The lowest BCUT2D eigenvalue weighted by molar-refractivity contribution is -0.122.